The van der Waals surface area contributed by atoms with Gasteiger partial charge in [-0.05, 0) is 30.7 Å². The van der Waals surface area contributed by atoms with Gasteiger partial charge >= 0.3 is 33.3 Å². The maximum absolute atomic E-state index is 12.8. The van der Waals surface area contributed by atoms with Gasteiger partial charge in [-0.2, -0.15) is 9.29 Å². The number of unbranched alkanes of at least 4 members (excludes halogenated alkanes) is 21. The van der Waals surface area contributed by atoms with Gasteiger partial charge in [0.25, 0.3) is 0 Å². The maximum Gasteiger partial charge on any atom is 0.481 e. The van der Waals surface area contributed by atoms with Gasteiger partial charge in [0.05, 0.1) is 13.2 Å². The monoisotopic (exact) mass is 1010 g/mol. The van der Waals surface area contributed by atoms with Gasteiger partial charge in [-0.15, -0.1) is 0 Å². The molecule has 0 amide bonds. The molecule has 0 bridgehead atoms. The second-order valence-electron chi connectivity index (χ2n) is 19.1. The van der Waals surface area contributed by atoms with E-state index in [4.69, 9.17) is 29.0 Å². The molecule has 0 aromatic carbocycles. The zero-order valence-electron chi connectivity index (χ0n) is 41.8. The third-order valence-electron chi connectivity index (χ3n) is 12.4. The molecule has 1 aromatic rings. The second kappa shape index (κ2) is 35.8. The SMILES string of the molecule is CCC(C)CCCCCCCCCCC(=O)O[C@H](COC(=O)CCCCCCCCCCCCCCCCCC(C)C)COP(=O)(O)OP(=O)(O)OC[C@H]1O[C@@H](n2ccc(N)nc2=O)C(O)[C@H]1O. The van der Waals surface area contributed by atoms with Crippen molar-refractivity contribution in [2.45, 2.75) is 238 Å². The Bertz CT molecular complexity index is 1670. The molecular weight excluding hydrogens is 920 g/mol. The van der Waals surface area contributed by atoms with Gasteiger partial charge in [0.1, 0.15) is 30.7 Å². The fourth-order valence-electron chi connectivity index (χ4n) is 8.00. The minimum absolute atomic E-state index is 0.0548. The van der Waals surface area contributed by atoms with Crippen LogP contribution in [0.3, 0.4) is 0 Å². The van der Waals surface area contributed by atoms with Crippen LogP contribution in [0.25, 0.3) is 0 Å². The molecule has 20 heteroatoms. The molecule has 6 N–H and O–H groups in total. The number of aliphatic hydroxyl groups is 2. The number of carbonyl (C=O) groups is 2. The number of carbonyl (C=O) groups excluding carboxylic acids is 2. The summed E-state index contributed by atoms with van der Waals surface area (Å²) in [6.07, 6.45) is 23.4. The quantitative estimate of drug-likeness (QED) is 0.0231. The lowest BCUT2D eigenvalue weighted by molar-refractivity contribution is -0.161. The Hall–Kier alpha value is -2.24. The summed E-state index contributed by atoms with van der Waals surface area (Å²) in [7, 11) is -10.8. The lowest BCUT2D eigenvalue weighted by Gasteiger charge is -2.21. The Kier molecular flexibility index (Phi) is 32.6. The van der Waals surface area contributed by atoms with E-state index in [9.17, 15) is 43.5 Å². The standard InChI is InChI=1S/C48H89N3O15P2/c1-5-39(4)30-26-22-18-15-16-20-24-28-32-44(53)64-40(35-61-43(52)31-27-23-19-14-12-10-8-6-7-9-11-13-17-21-25-29-38(2)3)36-62-67(57,58)66-68(59,60)63-37-41-45(54)46(55)47(65-41)51-34-33-42(49)50-48(51)56/h33-34,38-41,45-47,54-55H,5-32,35-37H2,1-4H3,(H,57,58)(H,59,60)(H2,49,50,56)/t39?,40-,41-,45+,46?,47-/m1/s1. The van der Waals surface area contributed by atoms with Crippen LogP contribution in [0.5, 0.6) is 0 Å². The molecule has 0 spiro atoms. The fraction of sp³-hybridized carbons (Fsp3) is 0.875. The number of nitrogens with two attached hydrogens (primary N) is 1. The molecule has 2 heterocycles. The molecule has 0 radical (unpaired) electrons. The van der Waals surface area contributed by atoms with E-state index in [2.05, 4.69) is 37.0 Å². The van der Waals surface area contributed by atoms with Crippen LogP contribution >= 0.6 is 15.6 Å². The molecular formula is C48H89N3O15P2. The number of aliphatic hydroxyl groups excluding tert-OH is 2. The van der Waals surface area contributed by atoms with Gasteiger partial charge in [-0.1, -0.05) is 182 Å². The number of aromatic nitrogens is 2. The topological polar surface area (TPSA) is 265 Å². The molecule has 0 saturated carbocycles. The van der Waals surface area contributed by atoms with Crippen molar-refractivity contribution < 1.29 is 66.3 Å². The summed E-state index contributed by atoms with van der Waals surface area (Å²) in [5, 5.41) is 20.9. The number of anilines is 1. The fourth-order valence-corrected chi connectivity index (χ4v) is 10.1. The van der Waals surface area contributed by atoms with Crippen molar-refractivity contribution >= 4 is 33.4 Å². The zero-order chi connectivity index (χ0) is 50.2. The van der Waals surface area contributed by atoms with Gasteiger partial charge < -0.3 is 39.9 Å². The number of phosphoric ester groups is 2. The number of nitrogens with zero attached hydrogens (tertiary/aromatic N) is 2. The summed E-state index contributed by atoms with van der Waals surface area (Å²) in [5.41, 5.74) is 4.59. The predicted octanol–water partition coefficient (Wildman–Crippen LogP) is 10.4. The van der Waals surface area contributed by atoms with E-state index in [0.29, 0.717) is 12.8 Å². The number of phosphoric acid groups is 2. The lowest BCUT2D eigenvalue weighted by atomic mass is 9.99. The van der Waals surface area contributed by atoms with Crippen LogP contribution in [-0.4, -0.2) is 85.7 Å². The minimum Gasteiger partial charge on any atom is -0.462 e. The van der Waals surface area contributed by atoms with E-state index >= 15 is 0 Å². The van der Waals surface area contributed by atoms with Gasteiger partial charge in [-0.3, -0.25) is 23.2 Å². The maximum atomic E-state index is 12.8. The molecule has 1 saturated heterocycles. The Balaban J connectivity index is 1.77. The second-order valence-corrected chi connectivity index (χ2v) is 22.2. The van der Waals surface area contributed by atoms with Crippen LogP contribution in [0.4, 0.5) is 5.82 Å². The zero-order valence-corrected chi connectivity index (χ0v) is 43.6. The highest BCUT2D eigenvalue weighted by Crippen LogP contribution is 2.60. The third kappa shape index (κ3) is 29.2. The molecule has 8 atom stereocenters. The van der Waals surface area contributed by atoms with Crippen molar-refractivity contribution in [3.63, 3.8) is 0 Å². The average Bonchev–Trinajstić information content (AvgIpc) is 3.56. The number of nitrogen functional groups attached to an aromatic ring is 1. The number of rotatable bonds is 42. The minimum atomic E-state index is -5.42. The van der Waals surface area contributed by atoms with E-state index in [1.54, 1.807) is 0 Å². The molecule has 1 fully saturated rings. The van der Waals surface area contributed by atoms with Crippen molar-refractivity contribution in [1.82, 2.24) is 9.55 Å². The number of hydrogen-bond donors (Lipinski definition) is 5. The molecule has 396 valence electrons. The van der Waals surface area contributed by atoms with Crippen LogP contribution in [0.2, 0.25) is 0 Å². The molecule has 2 rings (SSSR count). The summed E-state index contributed by atoms with van der Waals surface area (Å²) < 4.78 is 56.8. The molecule has 18 nitrogen and oxygen atoms in total. The van der Waals surface area contributed by atoms with Crippen molar-refractivity contribution in [3.05, 3.63) is 22.7 Å². The Morgan fingerprint density at radius 2 is 1.18 bits per heavy atom. The summed E-state index contributed by atoms with van der Waals surface area (Å²) >= 11 is 0. The molecule has 1 aromatic heterocycles. The number of ether oxygens (including phenoxy) is 3. The molecule has 0 aliphatic carbocycles. The van der Waals surface area contributed by atoms with Crippen molar-refractivity contribution in [2.75, 3.05) is 25.6 Å². The first-order chi connectivity index (χ1) is 32.4. The van der Waals surface area contributed by atoms with Crippen LogP contribution in [-0.2, 0) is 46.3 Å². The molecule has 1 aliphatic rings. The molecule has 4 unspecified atom stereocenters. The Labute approximate surface area is 406 Å². The van der Waals surface area contributed by atoms with Gasteiger partial charge in [-0.25, -0.2) is 13.9 Å². The lowest BCUT2D eigenvalue weighted by Crippen LogP contribution is -2.36. The first kappa shape index (κ1) is 61.9. The highest BCUT2D eigenvalue weighted by atomic mass is 31.3. The van der Waals surface area contributed by atoms with E-state index in [1.165, 1.54) is 115 Å². The number of esters is 2. The largest absolute Gasteiger partial charge is 0.481 e. The third-order valence-corrected chi connectivity index (χ3v) is 15.0. The highest BCUT2D eigenvalue weighted by molar-refractivity contribution is 7.61. The van der Waals surface area contributed by atoms with Crippen LogP contribution in [0, 0.1) is 11.8 Å². The van der Waals surface area contributed by atoms with Crippen molar-refractivity contribution in [1.29, 1.82) is 0 Å². The van der Waals surface area contributed by atoms with Crippen LogP contribution in [0.1, 0.15) is 214 Å². The first-order valence-corrected chi connectivity index (χ1v) is 28.8. The smallest absolute Gasteiger partial charge is 0.462 e. The van der Waals surface area contributed by atoms with Gasteiger partial charge in [0.15, 0.2) is 12.3 Å². The van der Waals surface area contributed by atoms with E-state index in [-0.39, 0.29) is 18.7 Å². The Morgan fingerprint density at radius 3 is 1.68 bits per heavy atom. The van der Waals surface area contributed by atoms with E-state index in [1.807, 2.05) is 0 Å². The molecule has 1 aliphatic heterocycles. The summed E-state index contributed by atoms with van der Waals surface area (Å²) in [5.74, 6) is 0.289. The van der Waals surface area contributed by atoms with Gasteiger partial charge in [0.2, 0.25) is 0 Å². The predicted molar refractivity (Wildman–Crippen MR) is 261 cm³/mol. The van der Waals surface area contributed by atoms with Crippen LogP contribution < -0.4 is 11.4 Å². The summed E-state index contributed by atoms with van der Waals surface area (Å²) in [4.78, 5) is 61.9. The molecule has 68 heavy (non-hydrogen) atoms. The van der Waals surface area contributed by atoms with E-state index < -0.39 is 83.7 Å². The normalized spacial score (nSPS) is 20.0. The number of hydrogen-bond acceptors (Lipinski definition) is 15. The summed E-state index contributed by atoms with van der Waals surface area (Å²) in [6.45, 7) is 6.79. The first-order valence-electron chi connectivity index (χ1n) is 25.8. The Morgan fingerprint density at radius 1 is 0.706 bits per heavy atom. The van der Waals surface area contributed by atoms with Crippen molar-refractivity contribution in [3.8, 4) is 0 Å². The van der Waals surface area contributed by atoms with Gasteiger partial charge in [0, 0.05) is 19.0 Å². The highest BCUT2D eigenvalue weighted by Gasteiger charge is 2.46. The van der Waals surface area contributed by atoms with E-state index in [0.717, 1.165) is 67.8 Å². The van der Waals surface area contributed by atoms with Crippen molar-refractivity contribution in [2.24, 2.45) is 11.8 Å². The van der Waals surface area contributed by atoms with Crippen LogP contribution in [0.15, 0.2) is 17.1 Å². The average molecular weight is 1010 g/mol. The summed E-state index contributed by atoms with van der Waals surface area (Å²) in [6, 6.07) is 1.25.